The number of primary amides is 3. The van der Waals surface area contributed by atoms with Gasteiger partial charge in [-0.2, -0.15) is 15.0 Å². The van der Waals surface area contributed by atoms with Crippen molar-refractivity contribution in [1.82, 2.24) is 55.7 Å². The predicted octanol–water partition coefficient (Wildman–Crippen LogP) is 11.2. The van der Waals surface area contributed by atoms with E-state index < -0.39 is 58.6 Å². The van der Waals surface area contributed by atoms with Crippen molar-refractivity contribution in [1.29, 1.82) is 0 Å². The van der Waals surface area contributed by atoms with Crippen LogP contribution in [0.1, 0.15) is 141 Å². The van der Waals surface area contributed by atoms with Gasteiger partial charge in [-0.15, -0.1) is 5.10 Å². The van der Waals surface area contributed by atoms with E-state index in [-0.39, 0.29) is 113 Å². The van der Waals surface area contributed by atoms with E-state index >= 15 is 0 Å². The monoisotopic (exact) mass is 1600 g/mol. The number of amides is 5. The van der Waals surface area contributed by atoms with Crippen LogP contribution in [0.2, 0.25) is 0 Å². The summed E-state index contributed by atoms with van der Waals surface area (Å²) in [5.41, 5.74) is 32.2. The molecule has 17 N–H and O–H groups in total. The molecule has 7 aromatic carbocycles. The number of carbonyl (C=O) groups excluding carboxylic acids is 8. The molecule has 0 fully saturated rings. The fraction of sp³-hybridized carbons (Fsp3) is 0.244. The number of rotatable bonds is 29. The minimum atomic E-state index is -0.756. The standard InChI is InChI=1S/C27H31FN6O4.C25H18FN7O3.C22H23FN6O2.C8H18N2O2/c1-16(32-26(37)38-27(2,3)4)14-30-25-31-15-21(23(29)36)24(34-25)33-20-10-6-8-18(13-20)22(35)12-17-7-5-9-19(28)11-17;26-17-7-3-5-15(11-17)12-22(34)16-6-4-8-18(13-16)29-24-19(23(27)35)14-28-25(30-24)36-33-21-10-2-1-9-20(21)31-32-33;1-13(24)11-26-22-27-12-18(20(25)31)21(29-22)28-17-7-3-5-15(10-17)19(30)9-14-4-2-6-16(23)8-14;1-6(5-9)10-7(11)12-8(2,3)4/h5-11,13,15-16H,12,14H2,1-4H3,(H2,29,36)(H,32,37)(H2,30,31,33,34);1-11,13-14H,12H2,(H2,27,35)(H,28,29,30);2-8,10,12-13H,9,11,24H2,1H3,(H2,25,31)(H2,26,27,28,29);6H,5,9H2,1-4H3,(H,10,11)/t16-;;13-;6-/m0.00/s1. The number of anilines is 8. The van der Waals surface area contributed by atoms with Crippen molar-refractivity contribution >= 4 is 105 Å². The maximum absolute atomic E-state index is 13.5. The number of nitrogens with one attached hydrogen (secondary N) is 7. The molecule has 117 heavy (non-hydrogen) atoms. The van der Waals surface area contributed by atoms with E-state index in [4.69, 9.17) is 43.0 Å². The molecule has 0 unspecified atom stereocenters. The van der Waals surface area contributed by atoms with Crippen LogP contribution in [0.3, 0.4) is 0 Å². The van der Waals surface area contributed by atoms with Crippen LogP contribution in [0, 0.1) is 17.5 Å². The van der Waals surface area contributed by atoms with Crippen LogP contribution in [0.4, 0.5) is 69.2 Å². The number of ketones is 3. The van der Waals surface area contributed by atoms with E-state index in [0.717, 1.165) is 4.85 Å². The van der Waals surface area contributed by atoms with E-state index in [1.165, 1.54) is 55.0 Å². The molecule has 0 aliphatic rings. The van der Waals surface area contributed by atoms with Crippen LogP contribution in [-0.2, 0) is 28.7 Å². The van der Waals surface area contributed by atoms with Crippen molar-refractivity contribution in [3.05, 3.63) is 256 Å². The zero-order chi connectivity index (χ0) is 85.1. The number of halogens is 3. The van der Waals surface area contributed by atoms with Gasteiger partial charge in [0.1, 0.15) is 68.0 Å². The molecule has 11 rings (SSSR count). The van der Waals surface area contributed by atoms with Gasteiger partial charge < -0.3 is 80.2 Å². The molecule has 0 spiro atoms. The number of para-hydroxylation sites is 1. The first-order chi connectivity index (χ1) is 55.5. The van der Waals surface area contributed by atoms with E-state index in [1.54, 1.807) is 155 Å². The fourth-order valence-corrected chi connectivity index (χ4v) is 10.3. The lowest BCUT2D eigenvalue weighted by Gasteiger charge is -2.22. The summed E-state index contributed by atoms with van der Waals surface area (Å²) in [5.74, 6) is -3.10. The van der Waals surface area contributed by atoms with E-state index in [9.17, 15) is 51.5 Å². The van der Waals surface area contributed by atoms with E-state index in [0.29, 0.717) is 74.6 Å². The molecule has 5 amide bonds. The molecule has 4 heterocycles. The van der Waals surface area contributed by atoms with Gasteiger partial charge in [-0.1, -0.05) is 89.8 Å². The number of nitrogens with two attached hydrogens (primary N) is 5. The highest BCUT2D eigenvalue weighted by Gasteiger charge is 2.23. The molecule has 32 nitrogen and oxygen atoms in total. The Labute approximate surface area is 671 Å². The number of Topliss-reactive ketones (excluding diaryl/α,β-unsaturated/α-hetero) is 3. The smallest absolute Gasteiger partial charge is 0.407 e. The number of benzene rings is 7. The van der Waals surface area contributed by atoms with E-state index in [2.05, 4.69) is 77.4 Å². The Morgan fingerprint density at radius 2 is 0.838 bits per heavy atom. The summed E-state index contributed by atoms with van der Waals surface area (Å²) in [5, 5.41) is 28.2. The third-order valence-corrected chi connectivity index (χ3v) is 15.8. The summed E-state index contributed by atoms with van der Waals surface area (Å²) in [6, 6.07) is 44.2. The summed E-state index contributed by atoms with van der Waals surface area (Å²) in [6.07, 6.45) is 2.99. The first-order valence-corrected chi connectivity index (χ1v) is 36.4. The Morgan fingerprint density at radius 3 is 1.22 bits per heavy atom. The molecule has 0 aliphatic heterocycles. The van der Waals surface area contributed by atoms with Gasteiger partial charge in [0.2, 0.25) is 11.9 Å². The highest BCUT2D eigenvalue weighted by atomic mass is 19.1. The van der Waals surface area contributed by atoms with Gasteiger partial charge >= 0.3 is 18.2 Å². The zero-order valence-corrected chi connectivity index (χ0v) is 65.4. The van der Waals surface area contributed by atoms with Crippen molar-refractivity contribution in [2.45, 2.75) is 111 Å². The number of carbonyl (C=O) groups is 8. The van der Waals surface area contributed by atoms with Crippen LogP contribution in [0.5, 0.6) is 6.01 Å². The maximum Gasteiger partial charge on any atom is 0.407 e. The second-order valence-corrected chi connectivity index (χ2v) is 28.3. The number of fused-ring (bicyclic) bond motifs is 1. The Hall–Kier alpha value is -14.4. The number of ether oxygens (including phenoxy) is 2. The van der Waals surface area contributed by atoms with Crippen molar-refractivity contribution in [3.63, 3.8) is 0 Å². The number of alkyl carbamates (subject to hydrolysis) is 2. The third kappa shape index (κ3) is 29.0. The fourth-order valence-electron chi connectivity index (χ4n) is 10.3. The summed E-state index contributed by atoms with van der Waals surface area (Å²) < 4.78 is 50.6. The predicted molar refractivity (Wildman–Crippen MR) is 435 cm³/mol. The minimum absolute atomic E-state index is 0.0160. The molecule has 35 heteroatoms. The summed E-state index contributed by atoms with van der Waals surface area (Å²) >= 11 is 0. The summed E-state index contributed by atoms with van der Waals surface area (Å²) in [4.78, 5) is 129. The Balaban J connectivity index is 0.000000205. The maximum atomic E-state index is 13.5. The summed E-state index contributed by atoms with van der Waals surface area (Å²) in [6.45, 7) is 17.3. The second kappa shape index (κ2) is 41.4. The lowest BCUT2D eigenvalue weighted by molar-refractivity contribution is 0.0498. The molecular formula is C82H90F3N21O11. The largest absolute Gasteiger partial charge is 0.444 e. The van der Waals surface area contributed by atoms with E-state index in [1.807, 2.05) is 40.7 Å². The van der Waals surface area contributed by atoms with Crippen LogP contribution in [0.15, 0.2) is 188 Å². The van der Waals surface area contributed by atoms with Crippen LogP contribution < -0.4 is 70.7 Å². The molecule has 610 valence electrons. The SMILES string of the molecule is C[C@@H](CN)NC(=O)OC(C)(C)C.C[C@@H](CNc1ncc(C(N)=O)c(Nc2cccc(C(=O)Cc3cccc(F)c3)c2)n1)NC(=O)OC(C)(C)C.C[C@H](N)CNc1ncc(C(N)=O)c(Nc2cccc(C(=O)Cc3cccc(F)c3)c2)n1.NC(=O)c1cnc(On2nnc3ccccc32)nc1Nc1cccc(C(=O)Cc2cccc(F)c2)c1. The van der Waals surface area contributed by atoms with Gasteiger partial charge in [-0.05, 0) is 169 Å². The van der Waals surface area contributed by atoms with Crippen molar-refractivity contribution < 1.29 is 65.8 Å². The molecular weight excluding hydrogens is 1510 g/mol. The van der Waals surface area contributed by atoms with Gasteiger partial charge in [0, 0.05) is 109 Å². The Morgan fingerprint density at radius 1 is 0.462 bits per heavy atom. The number of hydrogen-bond acceptors (Lipinski definition) is 26. The lowest BCUT2D eigenvalue weighted by Crippen LogP contribution is -2.41. The van der Waals surface area contributed by atoms with Gasteiger partial charge in [-0.3, -0.25) is 28.8 Å². The second-order valence-electron chi connectivity index (χ2n) is 28.3. The number of hydrogen-bond donors (Lipinski definition) is 12. The topological polar surface area (TPSA) is 487 Å². The van der Waals surface area contributed by atoms with Gasteiger partial charge in [0.15, 0.2) is 23.2 Å². The van der Waals surface area contributed by atoms with Crippen LogP contribution in [0.25, 0.3) is 11.0 Å². The molecule has 0 saturated carbocycles. The molecule has 0 bridgehead atoms. The molecule has 0 radical (unpaired) electrons. The van der Waals surface area contributed by atoms with Gasteiger partial charge in [0.25, 0.3) is 17.7 Å². The Bertz CT molecular complexity index is 5350. The molecule has 0 saturated heterocycles. The van der Waals surface area contributed by atoms with Crippen LogP contribution >= 0.6 is 0 Å². The molecule has 4 aromatic heterocycles. The number of nitrogens with zero attached hydrogens (tertiary/aromatic N) is 9. The first-order valence-electron chi connectivity index (χ1n) is 36.4. The normalized spacial score (nSPS) is 11.6. The Kier molecular flexibility index (Phi) is 31.2. The van der Waals surface area contributed by atoms with Gasteiger partial charge in [-0.25, -0.2) is 37.7 Å². The van der Waals surface area contributed by atoms with Crippen molar-refractivity contribution in [2.24, 2.45) is 28.7 Å². The lowest BCUT2D eigenvalue weighted by atomic mass is 10.0. The summed E-state index contributed by atoms with van der Waals surface area (Å²) in [7, 11) is 0. The first kappa shape index (κ1) is 88.2. The number of aromatic nitrogens is 9. The van der Waals surface area contributed by atoms with Gasteiger partial charge in [0.05, 0.1) is 0 Å². The average Bonchev–Trinajstić information content (AvgIpc) is 1.51. The van der Waals surface area contributed by atoms with Crippen molar-refractivity contribution in [3.8, 4) is 6.01 Å². The quantitative estimate of drug-likeness (QED) is 0.0194. The van der Waals surface area contributed by atoms with Crippen LogP contribution in [-0.4, -0.2) is 141 Å². The highest BCUT2D eigenvalue weighted by molar-refractivity contribution is 6.02. The average molecular weight is 1600 g/mol. The zero-order valence-electron chi connectivity index (χ0n) is 65.4. The molecule has 0 aliphatic carbocycles. The van der Waals surface area contributed by atoms with Crippen molar-refractivity contribution in [2.75, 3.05) is 46.2 Å². The molecule has 11 aromatic rings. The molecule has 3 atom stereocenters. The minimum Gasteiger partial charge on any atom is -0.444 e. The highest BCUT2D eigenvalue weighted by Crippen LogP contribution is 2.27. The third-order valence-electron chi connectivity index (χ3n) is 15.8.